The van der Waals surface area contributed by atoms with E-state index in [1.165, 1.54) is 7.11 Å². The Morgan fingerprint density at radius 2 is 1.54 bits per heavy atom. The van der Waals surface area contributed by atoms with Crippen molar-refractivity contribution in [1.29, 1.82) is 0 Å². The van der Waals surface area contributed by atoms with E-state index in [4.69, 9.17) is 0 Å². The molecular formula is C28H31N5O4. The minimum absolute atomic E-state index is 0.0520. The number of esters is 1. The predicted molar refractivity (Wildman–Crippen MR) is 142 cm³/mol. The number of nitrogens with zero attached hydrogens (tertiary/aromatic N) is 3. The lowest BCUT2D eigenvalue weighted by Crippen LogP contribution is -2.49. The third-order valence-corrected chi connectivity index (χ3v) is 5.49. The van der Waals surface area contributed by atoms with Crippen LogP contribution in [0, 0.1) is 0 Å². The molecule has 9 heteroatoms. The summed E-state index contributed by atoms with van der Waals surface area (Å²) in [5, 5.41) is 13.9. The summed E-state index contributed by atoms with van der Waals surface area (Å²) in [7, 11) is 5.18. The molecular weight excluding hydrogens is 470 g/mol. The lowest BCUT2D eigenvalue weighted by molar-refractivity contribution is -0.141. The fourth-order valence-corrected chi connectivity index (χ4v) is 3.51. The van der Waals surface area contributed by atoms with Crippen LogP contribution < -0.4 is 15.5 Å². The van der Waals surface area contributed by atoms with E-state index in [9.17, 15) is 14.4 Å². The molecule has 0 heterocycles. The second-order valence-corrected chi connectivity index (χ2v) is 8.56. The molecule has 0 fully saturated rings. The highest BCUT2D eigenvalue weighted by Gasteiger charge is 2.22. The normalized spacial score (nSPS) is 11.5. The maximum absolute atomic E-state index is 12.8. The van der Waals surface area contributed by atoms with Gasteiger partial charge in [-0.15, -0.1) is 0 Å². The minimum atomic E-state index is -0.854. The van der Waals surface area contributed by atoms with Gasteiger partial charge in [0.25, 0.3) is 0 Å². The van der Waals surface area contributed by atoms with Crippen molar-refractivity contribution in [3.8, 4) is 0 Å². The summed E-state index contributed by atoms with van der Waals surface area (Å²) in [6.45, 7) is -0.276. The van der Waals surface area contributed by atoms with E-state index in [0.717, 1.165) is 22.5 Å². The zero-order valence-electron chi connectivity index (χ0n) is 21.2. The highest BCUT2D eigenvalue weighted by Crippen LogP contribution is 2.22. The molecule has 0 saturated heterocycles. The molecule has 2 N–H and O–H groups in total. The van der Waals surface area contributed by atoms with E-state index in [1.807, 2.05) is 79.7 Å². The van der Waals surface area contributed by atoms with Gasteiger partial charge < -0.3 is 20.3 Å². The molecule has 3 aromatic carbocycles. The number of methoxy groups -OCH3 is 1. The maximum Gasteiger partial charge on any atom is 0.325 e. The van der Waals surface area contributed by atoms with E-state index in [2.05, 4.69) is 25.6 Å². The Morgan fingerprint density at radius 1 is 0.865 bits per heavy atom. The molecule has 2 amide bonds. The number of anilines is 1. The molecule has 0 aliphatic carbocycles. The number of carbonyl (C=O) groups is 3. The van der Waals surface area contributed by atoms with Crippen molar-refractivity contribution in [2.75, 3.05) is 32.6 Å². The summed E-state index contributed by atoms with van der Waals surface area (Å²) >= 11 is 0. The molecule has 9 nitrogen and oxygen atoms in total. The first-order valence-corrected chi connectivity index (χ1v) is 11.8. The minimum Gasteiger partial charge on any atom is -0.468 e. The van der Waals surface area contributed by atoms with E-state index in [-0.39, 0.29) is 25.3 Å². The van der Waals surface area contributed by atoms with Crippen LogP contribution in [0.3, 0.4) is 0 Å². The summed E-state index contributed by atoms with van der Waals surface area (Å²) in [5.74, 6) is -1.37. The van der Waals surface area contributed by atoms with Crippen LogP contribution in [0.25, 0.3) is 0 Å². The van der Waals surface area contributed by atoms with Gasteiger partial charge in [-0.25, -0.2) is 0 Å². The number of nitrogens with one attached hydrogen (secondary N) is 2. The molecule has 0 aliphatic rings. The number of benzene rings is 3. The van der Waals surface area contributed by atoms with Crippen LogP contribution in [-0.4, -0.2) is 51.6 Å². The van der Waals surface area contributed by atoms with Crippen molar-refractivity contribution in [2.24, 2.45) is 10.2 Å². The van der Waals surface area contributed by atoms with Crippen LogP contribution in [0.2, 0.25) is 0 Å². The summed E-state index contributed by atoms with van der Waals surface area (Å²) in [5.41, 5.74) is 4.00. The number of ether oxygens (including phenoxy) is 1. The van der Waals surface area contributed by atoms with E-state index < -0.39 is 17.9 Å². The van der Waals surface area contributed by atoms with E-state index in [1.54, 1.807) is 18.2 Å². The average molecular weight is 502 g/mol. The Balaban J connectivity index is 1.65. The zero-order chi connectivity index (χ0) is 26.6. The number of rotatable bonds is 11. The largest absolute Gasteiger partial charge is 0.468 e. The van der Waals surface area contributed by atoms with Crippen molar-refractivity contribution in [1.82, 2.24) is 10.6 Å². The standard InChI is InChI=1S/C28H31N5O4/c1-33(2)24-14-12-22(13-15-24)31-32-23-11-7-10-21(16-23)18-26(34)30-25(17-20-8-5-4-6-9-20)28(36)29-19-27(35)37-3/h4-16,25H,17-19H2,1-3H3,(H,29,36)(H,30,34). The summed E-state index contributed by atoms with van der Waals surface area (Å²) in [4.78, 5) is 39.0. The van der Waals surface area contributed by atoms with Gasteiger partial charge in [0, 0.05) is 26.2 Å². The molecule has 0 aromatic heterocycles. The monoisotopic (exact) mass is 501 g/mol. The molecule has 192 valence electrons. The molecule has 1 atom stereocenters. The Morgan fingerprint density at radius 3 is 2.22 bits per heavy atom. The van der Waals surface area contributed by atoms with Crippen LogP contribution in [-0.2, 0) is 32.0 Å². The van der Waals surface area contributed by atoms with Crippen molar-refractivity contribution < 1.29 is 19.1 Å². The highest BCUT2D eigenvalue weighted by molar-refractivity contribution is 5.90. The SMILES string of the molecule is COC(=O)CNC(=O)C(Cc1ccccc1)NC(=O)Cc1cccc(N=Nc2ccc(N(C)C)cc2)c1. The van der Waals surface area contributed by atoms with E-state index >= 15 is 0 Å². The molecule has 37 heavy (non-hydrogen) atoms. The van der Waals surface area contributed by atoms with Gasteiger partial charge in [0.2, 0.25) is 11.8 Å². The fourth-order valence-electron chi connectivity index (χ4n) is 3.51. The molecule has 0 spiro atoms. The summed E-state index contributed by atoms with van der Waals surface area (Å²) in [6.07, 6.45) is 0.330. The summed E-state index contributed by atoms with van der Waals surface area (Å²) < 4.78 is 4.57. The van der Waals surface area contributed by atoms with Crippen molar-refractivity contribution in [2.45, 2.75) is 18.9 Å². The molecule has 0 aliphatic heterocycles. The van der Waals surface area contributed by atoms with Crippen LogP contribution in [0.5, 0.6) is 0 Å². The van der Waals surface area contributed by atoms with Gasteiger partial charge in [-0.2, -0.15) is 10.2 Å². The smallest absolute Gasteiger partial charge is 0.325 e. The fraction of sp³-hybridized carbons (Fsp3) is 0.250. The lowest BCUT2D eigenvalue weighted by Gasteiger charge is -2.18. The van der Waals surface area contributed by atoms with Gasteiger partial charge in [0.05, 0.1) is 24.9 Å². The molecule has 3 rings (SSSR count). The second kappa shape index (κ2) is 13.5. The van der Waals surface area contributed by atoms with Crippen molar-refractivity contribution in [3.05, 3.63) is 90.0 Å². The average Bonchev–Trinajstić information content (AvgIpc) is 2.91. The summed E-state index contributed by atoms with van der Waals surface area (Å²) in [6, 6.07) is 23.4. The van der Waals surface area contributed by atoms with Gasteiger partial charge >= 0.3 is 5.97 Å². The van der Waals surface area contributed by atoms with Crippen LogP contribution in [0.4, 0.5) is 17.1 Å². The number of carbonyl (C=O) groups excluding carboxylic acids is 3. The first-order chi connectivity index (χ1) is 17.8. The lowest BCUT2D eigenvalue weighted by atomic mass is 10.0. The van der Waals surface area contributed by atoms with Gasteiger partial charge in [-0.1, -0.05) is 42.5 Å². The Hall–Kier alpha value is -4.53. The number of hydrogen-bond acceptors (Lipinski definition) is 7. The third-order valence-electron chi connectivity index (χ3n) is 5.49. The quantitative estimate of drug-likeness (QED) is 0.307. The van der Waals surface area contributed by atoms with Crippen LogP contribution in [0.15, 0.2) is 89.1 Å². The van der Waals surface area contributed by atoms with Crippen LogP contribution >= 0.6 is 0 Å². The maximum atomic E-state index is 12.8. The van der Waals surface area contributed by atoms with Gasteiger partial charge in [-0.3, -0.25) is 14.4 Å². The number of hydrogen-bond donors (Lipinski definition) is 2. The molecule has 1 unspecified atom stereocenters. The number of azo groups is 1. The van der Waals surface area contributed by atoms with Crippen molar-refractivity contribution >= 4 is 34.8 Å². The Bertz CT molecular complexity index is 1230. The first-order valence-electron chi connectivity index (χ1n) is 11.8. The Labute approximate surface area is 216 Å². The Kier molecular flexibility index (Phi) is 9.90. The number of amides is 2. The third kappa shape index (κ3) is 8.88. The van der Waals surface area contributed by atoms with Crippen molar-refractivity contribution in [3.63, 3.8) is 0 Å². The molecule has 0 saturated carbocycles. The topological polar surface area (TPSA) is 112 Å². The van der Waals surface area contributed by atoms with Gasteiger partial charge in [-0.05, 0) is 47.5 Å². The molecule has 3 aromatic rings. The van der Waals surface area contributed by atoms with Gasteiger partial charge in [0.1, 0.15) is 12.6 Å². The molecule has 0 radical (unpaired) electrons. The van der Waals surface area contributed by atoms with Crippen LogP contribution in [0.1, 0.15) is 11.1 Å². The second-order valence-electron chi connectivity index (χ2n) is 8.56. The van der Waals surface area contributed by atoms with E-state index in [0.29, 0.717) is 5.69 Å². The predicted octanol–water partition coefficient (Wildman–Crippen LogP) is 3.73. The van der Waals surface area contributed by atoms with Gasteiger partial charge in [0.15, 0.2) is 0 Å². The highest BCUT2D eigenvalue weighted by atomic mass is 16.5. The first kappa shape index (κ1) is 27.1. The molecule has 0 bridgehead atoms. The zero-order valence-corrected chi connectivity index (χ0v) is 21.2.